The third-order valence-corrected chi connectivity index (χ3v) is 4.06. The Bertz CT molecular complexity index is 1020. The van der Waals surface area contributed by atoms with Crippen molar-refractivity contribution in [3.8, 4) is 11.5 Å². The van der Waals surface area contributed by atoms with Gasteiger partial charge in [-0.25, -0.2) is 0 Å². The van der Waals surface area contributed by atoms with Gasteiger partial charge < -0.3 is 10.2 Å². The fourth-order valence-electron chi connectivity index (χ4n) is 2.49. The Hall–Kier alpha value is -3.56. The van der Waals surface area contributed by atoms with Crippen molar-refractivity contribution in [2.45, 2.75) is 0 Å². The molecule has 31 heavy (non-hydrogen) atoms. The summed E-state index contributed by atoms with van der Waals surface area (Å²) >= 11 is 0. The molecule has 4 aromatic rings. The SMILES string of the molecule is [O-]c1ccccc1C=Nc1ccccc1.[O-]c1ccccc1C=Nc1ccccc1.[Zn+2]. The van der Waals surface area contributed by atoms with Crippen LogP contribution >= 0.6 is 0 Å². The molecule has 0 unspecified atom stereocenters. The van der Waals surface area contributed by atoms with Crippen molar-refractivity contribution >= 4 is 23.8 Å². The Morgan fingerprint density at radius 2 is 0.774 bits per heavy atom. The van der Waals surface area contributed by atoms with Crippen LogP contribution in [0.25, 0.3) is 0 Å². The molecule has 0 aliphatic rings. The van der Waals surface area contributed by atoms with E-state index in [0.717, 1.165) is 11.4 Å². The van der Waals surface area contributed by atoms with Crippen LogP contribution in [-0.2, 0) is 19.5 Å². The summed E-state index contributed by atoms with van der Waals surface area (Å²) in [5.41, 5.74) is 2.92. The molecule has 0 aliphatic carbocycles. The van der Waals surface area contributed by atoms with Crippen LogP contribution in [0.3, 0.4) is 0 Å². The number of hydrogen-bond donors (Lipinski definition) is 0. The van der Waals surface area contributed by atoms with Crippen molar-refractivity contribution in [3.63, 3.8) is 0 Å². The molecule has 0 amide bonds. The Kier molecular flexibility index (Phi) is 9.86. The number of para-hydroxylation sites is 4. The van der Waals surface area contributed by atoms with Gasteiger partial charge in [0.25, 0.3) is 0 Å². The zero-order chi connectivity index (χ0) is 21.0. The second-order valence-corrected chi connectivity index (χ2v) is 6.26. The fourth-order valence-corrected chi connectivity index (χ4v) is 2.49. The summed E-state index contributed by atoms with van der Waals surface area (Å²) in [6.45, 7) is 0. The third kappa shape index (κ3) is 8.00. The van der Waals surface area contributed by atoms with Crippen LogP contribution in [0.2, 0.25) is 0 Å². The first-order valence-electron chi connectivity index (χ1n) is 9.43. The minimum atomic E-state index is -0.00261. The van der Waals surface area contributed by atoms with Gasteiger partial charge in [0, 0.05) is 12.4 Å². The Morgan fingerprint density at radius 1 is 0.452 bits per heavy atom. The quantitative estimate of drug-likeness (QED) is 0.319. The van der Waals surface area contributed by atoms with E-state index in [0.29, 0.717) is 11.1 Å². The van der Waals surface area contributed by atoms with Crippen molar-refractivity contribution < 1.29 is 29.7 Å². The summed E-state index contributed by atoms with van der Waals surface area (Å²) in [4.78, 5) is 8.42. The molecule has 0 fully saturated rings. The normalized spacial score (nSPS) is 10.3. The van der Waals surface area contributed by atoms with Crippen LogP contribution in [0.15, 0.2) is 119 Å². The van der Waals surface area contributed by atoms with Crippen molar-refractivity contribution in [2.75, 3.05) is 0 Å². The Balaban J connectivity index is 0.000000213. The van der Waals surface area contributed by atoms with E-state index in [1.54, 1.807) is 36.7 Å². The van der Waals surface area contributed by atoms with E-state index in [4.69, 9.17) is 0 Å². The molecule has 148 valence electrons. The van der Waals surface area contributed by atoms with Gasteiger partial charge in [-0.2, -0.15) is 0 Å². The van der Waals surface area contributed by atoms with E-state index >= 15 is 0 Å². The summed E-state index contributed by atoms with van der Waals surface area (Å²) in [6, 6.07) is 32.8. The van der Waals surface area contributed by atoms with E-state index in [-0.39, 0.29) is 31.0 Å². The molecule has 0 spiro atoms. The van der Waals surface area contributed by atoms with Gasteiger partial charge in [-0.1, -0.05) is 84.9 Å². The zero-order valence-corrected chi connectivity index (χ0v) is 19.9. The van der Waals surface area contributed by atoms with Crippen molar-refractivity contribution in [1.82, 2.24) is 0 Å². The number of hydrogen-bond acceptors (Lipinski definition) is 4. The van der Waals surface area contributed by atoms with Gasteiger partial charge in [-0.15, -0.1) is 11.5 Å². The van der Waals surface area contributed by atoms with Crippen LogP contribution < -0.4 is 10.2 Å². The average molecular weight is 458 g/mol. The first-order valence-corrected chi connectivity index (χ1v) is 9.43. The Labute approximate surface area is 195 Å². The second kappa shape index (κ2) is 12.9. The van der Waals surface area contributed by atoms with Crippen molar-refractivity contribution in [3.05, 3.63) is 120 Å². The monoisotopic (exact) mass is 456 g/mol. The van der Waals surface area contributed by atoms with Crippen LogP contribution in [0.4, 0.5) is 11.4 Å². The first kappa shape index (κ1) is 23.7. The van der Waals surface area contributed by atoms with Crippen LogP contribution in [0.1, 0.15) is 11.1 Å². The number of rotatable bonds is 4. The van der Waals surface area contributed by atoms with Crippen LogP contribution in [0.5, 0.6) is 11.5 Å². The molecule has 5 heteroatoms. The van der Waals surface area contributed by atoms with E-state index in [2.05, 4.69) is 9.98 Å². The maximum atomic E-state index is 11.3. The molecule has 0 bridgehead atoms. The topological polar surface area (TPSA) is 70.8 Å². The molecule has 0 aliphatic heterocycles. The standard InChI is InChI=1S/2C13H11NO.Zn/c2*15-13-9-5-4-6-11(13)10-14-12-7-2-1-3-8-12;/h2*1-10,15H;/q;;+2/p-2. The molecule has 4 aromatic carbocycles. The molecule has 0 saturated heterocycles. The summed E-state index contributed by atoms with van der Waals surface area (Å²) in [6.07, 6.45) is 3.19. The predicted molar refractivity (Wildman–Crippen MR) is 119 cm³/mol. The summed E-state index contributed by atoms with van der Waals surface area (Å²) in [5.74, 6) is -0.00522. The molecule has 0 atom stereocenters. The Morgan fingerprint density at radius 3 is 1.13 bits per heavy atom. The molecular formula is C26H20N2O2Zn. The molecule has 0 heterocycles. The van der Waals surface area contributed by atoms with Gasteiger partial charge >= 0.3 is 19.5 Å². The number of nitrogens with zero attached hydrogens (tertiary/aromatic N) is 2. The smallest absolute Gasteiger partial charge is 0.872 e. The summed E-state index contributed by atoms with van der Waals surface area (Å²) in [7, 11) is 0. The average Bonchev–Trinajstić information content (AvgIpc) is 2.80. The van der Waals surface area contributed by atoms with E-state index in [1.165, 1.54) is 12.1 Å². The van der Waals surface area contributed by atoms with E-state index < -0.39 is 0 Å². The van der Waals surface area contributed by atoms with Gasteiger partial charge in [0.2, 0.25) is 0 Å². The predicted octanol–water partition coefficient (Wildman–Crippen LogP) is 5.02. The van der Waals surface area contributed by atoms with Gasteiger partial charge in [0.1, 0.15) is 0 Å². The molecule has 0 N–H and O–H groups in total. The van der Waals surface area contributed by atoms with Gasteiger partial charge in [0.05, 0.1) is 11.4 Å². The first-order chi connectivity index (χ1) is 14.7. The van der Waals surface area contributed by atoms with Crippen molar-refractivity contribution in [1.29, 1.82) is 0 Å². The van der Waals surface area contributed by atoms with Crippen LogP contribution in [-0.4, -0.2) is 12.4 Å². The van der Waals surface area contributed by atoms with E-state index in [9.17, 15) is 10.2 Å². The van der Waals surface area contributed by atoms with Gasteiger partial charge in [-0.05, 0) is 35.4 Å². The summed E-state index contributed by atoms with van der Waals surface area (Å²) < 4.78 is 0. The second-order valence-electron chi connectivity index (χ2n) is 6.26. The molecular weight excluding hydrogens is 438 g/mol. The minimum absolute atomic E-state index is 0. The zero-order valence-electron chi connectivity index (χ0n) is 17.0. The minimum Gasteiger partial charge on any atom is -0.872 e. The molecule has 0 saturated carbocycles. The van der Waals surface area contributed by atoms with Gasteiger partial charge in [0.15, 0.2) is 0 Å². The van der Waals surface area contributed by atoms with E-state index in [1.807, 2.05) is 72.8 Å². The maximum absolute atomic E-state index is 11.3. The molecule has 4 nitrogen and oxygen atoms in total. The van der Waals surface area contributed by atoms with Crippen LogP contribution in [0, 0.1) is 0 Å². The molecule has 0 aromatic heterocycles. The largest absolute Gasteiger partial charge is 2.00 e. The molecule has 4 rings (SSSR count). The summed E-state index contributed by atoms with van der Waals surface area (Å²) in [5, 5.41) is 22.7. The third-order valence-electron chi connectivity index (χ3n) is 4.06. The maximum Gasteiger partial charge on any atom is 2.00 e. The van der Waals surface area contributed by atoms with Gasteiger partial charge in [-0.3, -0.25) is 9.98 Å². The number of aliphatic imine (C=N–C) groups is 2. The van der Waals surface area contributed by atoms with Crippen molar-refractivity contribution in [2.24, 2.45) is 9.98 Å². The number of benzene rings is 4. The molecule has 0 radical (unpaired) electrons. The fraction of sp³-hybridized carbons (Fsp3) is 0.